The highest BCUT2D eigenvalue weighted by Crippen LogP contribution is 2.22. The maximum atomic E-state index is 12.7. The van der Waals surface area contributed by atoms with E-state index in [4.69, 9.17) is 11.6 Å². The maximum absolute atomic E-state index is 12.7. The number of nitrogens with zero attached hydrogens (tertiary/aromatic N) is 3. The molecule has 26 heavy (non-hydrogen) atoms. The molecule has 0 unspecified atom stereocenters. The van der Waals surface area contributed by atoms with Crippen molar-refractivity contribution < 1.29 is 4.79 Å². The van der Waals surface area contributed by atoms with Crippen molar-refractivity contribution in [2.45, 2.75) is 6.54 Å². The molecule has 1 saturated heterocycles. The zero-order chi connectivity index (χ0) is 18.1. The summed E-state index contributed by atoms with van der Waals surface area (Å²) in [4.78, 5) is 29.0. The summed E-state index contributed by atoms with van der Waals surface area (Å²) in [6.07, 6.45) is 0. The number of thiazole rings is 1. The first-order valence-corrected chi connectivity index (χ1v) is 9.68. The van der Waals surface area contributed by atoms with Crippen LogP contribution in [0, 0.1) is 0 Å². The van der Waals surface area contributed by atoms with E-state index in [0.717, 1.165) is 34.6 Å². The van der Waals surface area contributed by atoms with Gasteiger partial charge in [-0.2, -0.15) is 0 Å². The number of piperazine rings is 1. The summed E-state index contributed by atoms with van der Waals surface area (Å²) in [6, 6.07) is 15.5. The molecule has 0 aliphatic carbocycles. The number of rotatable bonds is 3. The second-order valence-corrected chi connectivity index (χ2v) is 7.70. The fraction of sp³-hybridized carbons (Fsp3) is 0.263. The molecular formula is C19H18ClN3O2S. The van der Waals surface area contributed by atoms with Gasteiger partial charge < -0.3 is 9.80 Å². The smallest absolute Gasteiger partial charge is 0.308 e. The number of hydrogen-bond donors (Lipinski definition) is 0. The molecule has 0 atom stereocenters. The zero-order valence-electron chi connectivity index (χ0n) is 14.1. The Morgan fingerprint density at radius 1 is 1.04 bits per heavy atom. The van der Waals surface area contributed by atoms with Crippen LogP contribution in [0.2, 0.25) is 5.02 Å². The van der Waals surface area contributed by atoms with Crippen LogP contribution in [-0.4, -0.2) is 41.6 Å². The van der Waals surface area contributed by atoms with Gasteiger partial charge in [0.15, 0.2) is 0 Å². The summed E-state index contributed by atoms with van der Waals surface area (Å²) in [5.74, 6) is -0.0283. The number of aromatic nitrogens is 1. The number of para-hydroxylation sites is 1. The van der Waals surface area contributed by atoms with Crippen molar-refractivity contribution >= 4 is 44.7 Å². The molecule has 2 aromatic carbocycles. The molecule has 4 rings (SSSR count). The van der Waals surface area contributed by atoms with Gasteiger partial charge in [0.05, 0.1) is 10.2 Å². The van der Waals surface area contributed by atoms with Gasteiger partial charge in [0.25, 0.3) is 0 Å². The van der Waals surface area contributed by atoms with E-state index in [1.165, 1.54) is 10.3 Å². The van der Waals surface area contributed by atoms with E-state index in [-0.39, 0.29) is 17.3 Å². The fourth-order valence-corrected chi connectivity index (χ4v) is 4.31. The van der Waals surface area contributed by atoms with Gasteiger partial charge in [-0.15, -0.1) is 0 Å². The highest BCUT2D eigenvalue weighted by atomic mass is 35.5. The average Bonchev–Trinajstić information content (AvgIpc) is 2.97. The van der Waals surface area contributed by atoms with Crippen molar-refractivity contribution in [3.8, 4) is 0 Å². The van der Waals surface area contributed by atoms with Crippen LogP contribution in [0.4, 0.5) is 5.69 Å². The first-order valence-electron chi connectivity index (χ1n) is 8.48. The number of amides is 1. The second kappa shape index (κ2) is 7.13. The van der Waals surface area contributed by atoms with Crippen LogP contribution >= 0.6 is 22.9 Å². The Balaban J connectivity index is 1.46. The van der Waals surface area contributed by atoms with Crippen LogP contribution in [0.15, 0.2) is 53.3 Å². The molecule has 2 heterocycles. The van der Waals surface area contributed by atoms with E-state index < -0.39 is 0 Å². The number of carbonyl (C=O) groups excluding carboxylic acids is 1. The van der Waals surface area contributed by atoms with Crippen molar-refractivity contribution in [1.29, 1.82) is 0 Å². The summed E-state index contributed by atoms with van der Waals surface area (Å²) in [7, 11) is 0. The van der Waals surface area contributed by atoms with Crippen LogP contribution in [0.5, 0.6) is 0 Å². The Bertz CT molecular complexity index is 991. The quantitative estimate of drug-likeness (QED) is 0.693. The fourth-order valence-electron chi connectivity index (χ4n) is 3.27. The van der Waals surface area contributed by atoms with E-state index in [1.807, 2.05) is 29.2 Å². The van der Waals surface area contributed by atoms with Crippen molar-refractivity contribution in [2.75, 3.05) is 31.1 Å². The molecule has 7 heteroatoms. The Morgan fingerprint density at radius 2 is 1.77 bits per heavy atom. The number of hydrogen-bond acceptors (Lipinski definition) is 4. The van der Waals surface area contributed by atoms with E-state index in [2.05, 4.69) is 17.0 Å². The molecule has 5 nitrogen and oxygen atoms in total. The van der Waals surface area contributed by atoms with Gasteiger partial charge in [-0.05, 0) is 30.3 Å². The normalized spacial score (nSPS) is 14.8. The van der Waals surface area contributed by atoms with Crippen molar-refractivity contribution in [3.05, 3.63) is 63.2 Å². The monoisotopic (exact) mass is 387 g/mol. The third-order valence-corrected chi connectivity index (χ3v) is 5.87. The second-order valence-electron chi connectivity index (χ2n) is 6.27. The van der Waals surface area contributed by atoms with Gasteiger partial charge in [0.1, 0.15) is 6.54 Å². The average molecular weight is 388 g/mol. The van der Waals surface area contributed by atoms with Crippen LogP contribution in [0.25, 0.3) is 10.2 Å². The number of benzene rings is 2. The molecule has 134 valence electrons. The standard InChI is InChI=1S/C19H18ClN3O2S/c20-14-6-7-17-16(12-14)23(19(25)26-17)13-18(24)22-10-8-21(9-11-22)15-4-2-1-3-5-15/h1-7,12H,8-11,13H2. The Kier molecular flexibility index (Phi) is 4.70. The van der Waals surface area contributed by atoms with Gasteiger partial charge >= 0.3 is 4.87 Å². The Labute approximate surface area is 160 Å². The Hall–Kier alpha value is -2.31. The van der Waals surface area contributed by atoms with Gasteiger partial charge in [0.2, 0.25) is 5.91 Å². The van der Waals surface area contributed by atoms with E-state index in [9.17, 15) is 9.59 Å². The molecule has 1 amide bonds. The van der Waals surface area contributed by atoms with Gasteiger partial charge in [-0.1, -0.05) is 41.1 Å². The lowest BCUT2D eigenvalue weighted by atomic mass is 10.2. The van der Waals surface area contributed by atoms with E-state index >= 15 is 0 Å². The van der Waals surface area contributed by atoms with Crippen molar-refractivity contribution in [2.24, 2.45) is 0 Å². The minimum absolute atomic E-state index is 0.0283. The molecule has 0 saturated carbocycles. The van der Waals surface area contributed by atoms with Crippen molar-refractivity contribution in [1.82, 2.24) is 9.47 Å². The first-order chi connectivity index (χ1) is 12.6. The summed E-state index contributed by atoms with van der Waals surface area (Å²) in [5, 5.41) is 0.563. The highest BCUT2D eigenvalue weighted by Gasteiger charge is 2.22. The molecule has 1 aromatic heterocycles. The molecule has 0 spiro atoms. The van der Waals surface area contributed by atoms with Crippen LogP contribution in [0.1, 0.15) is 0 Å². The summed E-state index contributed by atoms with van der Waals surface area (Å²) >= 11 is 7.19. The zero-order valence-corrected chi connectivity index (χ0v) is 15.7. The molecule has 1 aliphatic rings. The lowest BCUT2D eigenvalue weighted by Crippen LogP contribution is -2.50. The lowest BCUT2D eigenvalue weighted by Gasteiger charge is -2.36. The first kappa shape index (κ1) is 17.1. The minimum Gasteiger partial charge on any atom is -0.368 e. The predicted octanol–water partition coefficient (Wildman–Crippen LogP) is 3.07. The third kappa shape index (κ3) is 3.34. The number of halogens is 1. The van der Waals surface area contributed by atoms with Gasteiger partial charge in [-0.25, -0.2) is 0 Å². The lowest BCUT2D eigenvalue weighted by molar-refractivity contribution is -0.132. The SMILES string of the molecule is O=C(Cn1c(=O)sc2ccc(Cl)cc21)N1CCN(c2ccccc2)CC1. The van der Waals surface area contributed by atoms with Crippen LogP contribution < -0.4 is 9.77 Å². The van der Waals surface area contributed by atoms with Crippen LogP contribution in [-0.2, 0) is 11.3 Å². The van der Waals surface area contributed by atoms with E-state index in [0.29, 0.717) is 18.1 Å². The Morgan fingerprint density at radius 3 is 2.50 bits per heavy atom. The number of carbonyl (C=O) groups is 1. The molecule has 0 bridgehead atoms. The van der Waals surface area contributed by atoms with Crippen LogP contribution in [0.3, 0.4) is 0 Å². The summed E-state index contributed by atoms with van der Waals surface area (Å²) in [6.45, 7) is 2.96. The molecule has 1 fully saturated rings. The molecular weight excluding hydrogens is 370 g/mol. The highest BCUT2D eigenvalue weighted by molar-refractivity contribution is 7.16. The summed E-state index contributed by atoms with van der Waals surface area (Å²) < 4.78 is 2.37. The molecule has 3 aromatic rings. The number of fused-ring (bicyclic) bond motifs is 1. The number of anilines is 1. The van der Waals surface area contributed by atoms with Crippen molar-refractivity contribution in [3.63, 3.8) is 0 Å². The molecule has 0 radical (unpaired) electrons. The van der Waals surface area contributed by atoms with Gasteiger partial charge in [0, 0.05) is 36.9 Å². The minimum atomic E-state index is -0.126. The van der Waals surface area contributed by atoms with E-state index in [1.54, 1.807) is 12.1 Å². The summed E-state index contributed by atoms with van der Waals surface area (Å²) in [5.41, 5.74) is 1.90. The third-order valence-electron chi connectivity index (χ3n) is 4.68. The van der Waals surface area contributed by atoms with Gasteiger partial charge in [-0.3, -0.25) is 14.2 Å². The largest absolute Gasteiger partial charge is 0.368 e. The molecule has 0 N–H and O–H groups in total. The topological polar surface area (TPSA) is 45.6 Å². The predicted molar refractivity (Wildman–Crippen MR) is 106 cm³/mol. The molecule has 1 aliphatic heterocycles. The maximum Gasteiger partial charge on any atom is 0.308 e.